The maximum atomic E-state index is 11.7. The average Bonchev–Trinajstić information content (AvgIpc) is 3.02. The fraction of sp³-hybridized carbons (Fsp3) is 0.600. The molecule has 0 aromatic rings. The van der Waals surface area contributed by atoms with Crippen LogP contribution in [0.2, 0.25) is 0 Å². The maximum Gasteiger partial charge on any atom is 0.259 e. The van der Waals surface area contributed by atoms with Crippen molar-refractivity contribution in [3.8, 4) is 0 Å². The minimum atomic E-state index is -0.797. The molecule has 3 rings (SSSR count). The van der Waals surface area contributed by atoms with E-state index in [0.29, 0.717) is 12.3 Å². The Bertz CT molecular complexity index is 595. The summed E-state index contributed by atoms with van der Waals surface area (Å²) < 4.78 is 5.62. The fourth-order valence-electron chi connectivity index (χ4n) is 2.50. The summed E-state index contributed by atoms with van der Waals surface area (Å²) in [7, 11) is 0. The zero-order valence-corrected chi connectivity index (χ0v) is 10.7. The first-order valence-electron chi connectivity index (χ1n) is 6.24. The van der Waals surface area contributed by atoms with E-state index in [4.69, 9.17) is 15.7 Å². The summed E-state index contributed by atoms with van der Waals surface area (Å²) in [4.78, 5) is 24.0. The van der Waals surface area contributed by atoms with E-state index in [9.17, 15) is 9.90 Å². The second-order valence-corrected chi connectivity index (χ2v) is 4.70. The molecule has 0 bridgehead atoms. The van der Waals surface area contributed by atoms with E-state index in [0.717, 1.165) is 0 Å². The number of azide groups is 1. The summed E-state index contributed by atoms with van der Waals surface area (Å²) in [6.45, 7) is -0.280. The lowest BCUT2D eigenvalue weighted by Crippen LogP contribution is -2.50. The number of aliphatic imine (C=N–C) groups is 2. The first-order valence-corrected chi connectivity index (χ1v) is 6.24. The van der Waals surface area contributed by atoms with E-state index in [2.05, 4.69) is 25.3 Å². The number of rotatable bonds is 3. The first-order chi connectivity index (χ1) is 10.1. The largest absolute Gasteiger partial charge is 0.394 e. The molecular weight excluding hydrogens is 280 g/mol. The van der Waals surface area contributed by atoms with Crippen LogP contribution in [-0.2, 0) is 9.53 Å². The second-order valence-electron chi connectivity index (χ2n) is 4.70. The van der Waals surface area contributed by atoms with E-state index in [-0.39, 0.29) is 12.6 Å². The van der Waals surface area contributed by atoms with Crippen LogP contribution in [0.15, 0.2) is 15.1 Å². The van der Waals surface area contributed by atoms with Crippen molar-refractivity contribution in [2.45, 2.75) is 30.8 Å². The van der Waals surface area contributed by atoms with Gasteiger partial charge in [0.05, 0.1) is 25.1 Å². The molecule has 1 saturated heterocycles. The fourth-order valence-corrected chi connectivity index (χ4v) is 2.50. The summed E-state index contributed by atoms with van der Waals surface area (Å²) >= 11 is 0. The minimum Gasteiger partial charge on any atom is -0.394 e. The third-order valence-corrected chi connectivity index (χ3v) is 3.46. The molecule has 11 heteroatoms. The second kappa shape index (κ2) is 5.13. The van der Waals surface area contributed by atoms with E-state index in [1.54, 1.807) is 0 Å². The molecule has 4 atom stereocenters. The number of carbonyl (C=O) groups excluding carboxylic acids is 1. The molecule has 3 aliphatic rings. The van der Waals surface area contributed by atoms with Crippen LogP contribution in [0, 0.1) is 5.41 Å². The standard InChI is InChI=1S/C10H12N8O3/c11-10-14-8-7(9(20)15-10)13-3-18(8)6-1-4(16-17-12)5(2-19)21-6/h3-7,19H,1-2H2,(H2,11,15,20)/t4-,5+,6+,7?/m0/s1. The SMILES string of the molecule is [N-]=[N+]=N[C@H]1C[C@H](N2C=NC3C(=O)NC(=N)N=C32)O[C@@H]1CO. The van der Waals surface area contributed by atoms with Gasteiger partial charge in [-0.3, -0.25) is 25.4 Å². The summed E-state index contributed by atoms with van der Waals surface area (Å²) in [5, 5.41) is 22.6. The van der Waals surface area contributed by atoms with Crippen LogP contribution in [0.4, 0.5) is 0 Å². The number of nitrogens with zero attached hydrogens (tertiary/aromatic N) is 6. The molecule has 11 nitrogen and oxygen atoms in total. The summed E-state index contributed by atoms with van der Waals surface area (Å²) in [5.74, 6) is -0.385. The molecule has 0 saturated carbocycles. The quantitative estimate of drug-likeness (QED) is 0.344. The molecule has 0 aromatic heterocycles. The molecule has 0 radical (unpaired) electrons. The van der Waals surface area contributed by atoms with Crippen molar-refractivity contribution in [3.05, 3.63) is 10.4 Å². The van der Waals surface area contributed by atoms with Crippen LogP contribution >= 0.6 is 0 Å². The van der Waals surface area contributed by atoms with Crippen molar-refractivity contribution in [1.82, 2.24) is 10.2 Å². The first kappa shape index (κ1) is 13.5. The van der Waals surface area contributed by atoms with Crippen molar-refractivity contribution < 1.29 is 14.6 Å². The Morgan fingerprint density at radius 1 is 1.71 bits per heavy atom. The lowest BCUT2D eigenvalue weighted by molar-refractivity contribution is -0.119. The molecule has 3 heterocycles. The van der Waals surface area contributed by atoms with Crippen molar-refractivity contribution in [2.24, 2.45) is 15.1 Å². The summed E-state index contributed by atoms with van der Waals surface area (Å²) in [6.07, 6.45) is 0.584. The van der Waals surface area contributed by atoms with Gasteiger partial charge in [0, 0.05) is 11.3 Å². The van der Waals surface area contributed by atoms with Crippen LogP contribution in [0.5, 0.6) is 0 Å². The lowest BCUT2D eigenvalue weighted by Gasteiger charge is -2.26. The van der Waals surface area contributed by atoms with Crippen LogP contribution in [-0.4, -0.2) is 65.1 Å². The molecule has 1 fully saturated rings. The van der Waals surface area contributed by atoms with Gasteiger partial charge in [0.15, 0.2) is 11.9 Å². The highest BCUT2D eigenvalue weighted by molar-refractivity contribution is 6.23. The third-order valence-electron chi connectivity index (χ3n) is 3.46. The van der Waals surface area contributed by atoms with Gasteiger partial charge in [0.2, 0.25) is 5.96 Å². The molecule has 1 unspecified atom stereocenters. The Hall–Kier alpha value is -2.49. The number of carbonyl (C=O) groups is 1. The normalized spacial score (nSPS) is 34.3. The number of guanidine groups is 1. The monoisotopic (exact) mass is 292 g/mol. The number of aliphatic hydroxyl groups excluding tert-OH is 1. The Morgan fingerprint density at radius 2 is 2.52 bits per heavy atom. The lowest BCUT2D eigenvalue weighted by atomic mass is 10.1. The molecule has 21 heavy (non-hydrogen) atoms. The number of hydrogen-bond acceptors (Lipinski definition) is 7. The van der Waals surface area contributed by atoms with Crippen molar-refractivity contribution in [1.29, 1.82) is 5.41 Å². The van der Waals surface area contributed by atoms with Gasteiger partial charge < -0.3 is 9.84 Å². The molecule has 110 valence electrons. The average molecular weight is 292 g/mol. The highest BCUT2D eigenvalue weighted by Crippen LogP contribution is 2.28. The number of aliphatic hydroxyl groups is 1. The highest BCUT2D eigenvalue weighted by atomic mass is 16.5. The number of fused-ring (bicyclic) bond motifs is 1. The Labute approximate surface area is 118 Å². The minimum absolute atomic E-state index is 0.259. The van der Waals surface area contributed by atoms with Gasteiger partial charge in [-0.25, -0.2) is 0 Å². The summed E-state index contributed by atoms with van der Waals surface area (Å²) in [5.41, 5.74) is 8.52. The van der Waals surface area contributed by atoms with E-state index in [1.165, 1.54) is 11.2 Å². The van der Waals surface area contributed by atoms with E-state index >= 15 is 0 Å². The highest BCUT2D eigenvalue weighted by Gasteiger charge is 2.44. The Morgan fingerprint density at radius 3 is 3.24 bits per heavy atom. The number of hydrogen-bond donors (Lipinski definition) is 3. The molecule has 1 amide bonds. The van der Waals surface area contributed by atoms with Crippen molar-refractivity contribution in [2.75, 3.05) is 6.61 Å². The third kappa shape index (κ3) is 2.23. The van der Waals surface area contributed by atoms with Crippen molar-refractivity contribution in [3.63, 3.8) is 0 Å². The zero-order chi connectivity index (χ0) is 15.0. The molecule has 3 N–H and O–H groups in total. The van der Waals surface area contributed by atoms with E-state index in [1.807, 2.05) is 0 Å². The molecule has 0 aliphatic carbocycles. The van der Waals surface area contributed by atoms with E-state index < -0.39 is 30.3 Å². The Balaban J connectivity index is 1.82. The molecular formula is C10H12N8O3. The molecule has 0 spiro atoms. The van der Waals surface area contributed by atoms with Crippen LogP contribution in [0.25, 0.3) is 10.4 Å². The van der Waals surface area contributed by atoms with Gasteiger partial charge in [-0.05, 0) is 5.53 Å². The predicted molar refractivity (Wildman–Crippen MR) is 70.7 cm³/mol. The molecule has 3 aliphatic heterocycles. The van der Waals surface area contributed by atoms with Gasteiger partial charge in [0.1, 0.15) is 6.23 Å². The Kier molecular flexibility index (Phi) is 3.29. The van der Waals surface area contributed by atoms with Gasteiger partial charge in [-0.1, -0.05) is 5.11 Å². The number of nitrogens with one attached hydrogen (secondary N) is 2. The number of ether oxygens (including phenoxy) is 1. The van der Waals surface area contributed by atoms with Gasteiger partial charge in [0.25, 0.3) is 5.91 Å². The maximum absolute atomic E-state index is 11.7. The number of amidine groups is 1. The van der Waals surface area contributed by atoms with Gasteiger partial charge in [-0.15, -0.1) is 0 Å². The zero-order valence-electron chi connectivity index (χ0n) is 10.7. The predicted octanol–water partition coefficient (Wildman–Crippen LogP) is -1.05. The molecule has 0 aromatic carbocycles. The topological polar surface area (TPSA) is 159 Å². The smallest absolute Gasteiger partial charge is 0.259 e. The van der Waals surface area contributed by atoms with Crippen LogP contribution in [0.3, 0.4) is 0 Å². The van der Waals surface area contributed by atoms with Crippen LogP contribution < -0.4 is 5.32 Å². The number of amides is 1. The summed E-state index contributed by atoms with van der Waals surface area (Å²) in [6, 6.07) is -1.30. The van der Waals surface area contributed by atoms with Crippen LogP contribution in [0.1, 0.15) is 6.42 Å². The van der Waals surface area contributed by atoms with Gasteiger partial charge in [-0.2, -0.15) is 4.99 Å². The van der Waals surface area contributed by atoms with Crippen molar-refractivity contribution >= 4 is 24.0 Å². The van der Waals surface area contributed by atoms with Gasteiger partial charge >= 0.3 is 0 Å².